The number of carbonyl (C=O) groups is 1. The molecule has 0 spiro atoms. The first-order valence-corrected chi connectivity index (χ1v) is 4.61. The summed E-state index contributed by atoms with van der Waals surface area (Å²) < 4.78 is 14.3. The maximum absolute atomic E-state index is 13.2. The quantitative estimate of drug-likeness (QED) is 0.762. The van der Waals surface area contributed by atoms with E-state index in [1.807, 2.05) is 0 Å². The number of carbonyl (C=O) groups excluding carboxylic acids is 1. The lowest BCUT2D eigenvalue weighted by molar-refractivity contribution is 0.101. The number of amides is 1. The van der Waals surface area contributed by atoms with Crippen LogP contribution in [0.2, 0.25) is 0 Å². The topological polar surface area (TPSA) is 92.7 Å². The minimum Gasteiger partial charge on any atom is -0.324 e. The van der Waals surface area contributed by atoms with E-state index in [1.54, 1.807) is 0 Å². The lowest BCUT2D eigenvalue weighted by Crippen LogP contribution is -2.19. The van der Waals surface area contributed by atoms with Crippen LogP contribution < -0.4 is 10.9 Å². The van der Waals surface area contributed by atoms with Crippen LogP contribution in [0.15, 0.2) is 23.4 Å². The average molecular weight is 237 g/mol. The van der Waals surface area contributed by atoms with Crippen LogP contribution in [0.3, 0.4) is 0 Å². The van der Waals surface area contributed by atoms with E-state index in [-0.39, 0.29) is 11.5 Å². The Balaban J connectivity index is 2.23. The molecule has 88 valence electrons. The van der Waals surface area contributed by atoms with E-state index >= 15 is 0 Å². The van der Waals surface area contributed by atoms with Crippen molar-refractivity contribution in [3.05, 3.63) is 40.5 Å². The monoisotopic (exact) mass is 237 g/mol. The first-order chi connectivity index (χ1) is 8.08. The highest BCUT2D eigenvalue weighted by molar-refractivity contribution is 6.02. The molecule has 0 saturated carbocycles. The first-order valence-electron chi connectivity index (χ1n) is 4.61. The first kappa shape index (κ1) is 11.0. The van der Waals surface area contributed by atoms with Crippen molar-refractivity contribution in [3.63, 3.8) is 0 Å². The van der Waals surface area contributed by atoms with Crippen molar-refractivity contribution in [2.75, 3.05) is 5.32 Å². The van der Waals surface area contributed by atoms with E-state index in [4.69, 9.17) is 0 Å². The number of aryl methyl sites for hydroxylation is 1. The molecule has 7 nitrogen and oxygen atoms in total. The largest absolute Gasteiger partial charge is 0.324 e. The second kappa shape index (κ2) is 4.16. The van der Waals surface area contributed by atoms with Gasteiger partial charge in [0.05, 0.1) is 12.4 Å². The number of halogens is 1. The van der Waals surface area contributed by atoms with Crippen molar-refractivity contribution < 1.29 is 9.18 Å². The SMILES string of the molecule is Cn1ncc(F)c1C(=O)Nc1c[nH]c(=O)cn1. The predicted molar refractivity (Wildman–Crippen MR) is 56.0 cm³/mol. The molecule has 0 fully saturated rings. The van der Waals surface area contributed by atoms with Crippen LogP contribution >= 0.6 is 0 Å². The Morgan fingerprint density at radius 1 is 1.53 bits per heavy atom. The number of anilines is 1. The molecule has 2 heterocycles. The third-order valence-corrected chi connectivity index (χ3v) is 2.02. The van der Waals surface area contributed by atoms with Gasteiger partial charge in [-0.05, 0) is 0 Å². The molecule has 0 aliphatic heterocycles. The molecule has 0 aromatic carbocycles. The van der Waals surface area contributed by atoms with E-state index in [9.17, 15) is 14.0 Å². The molecule has 0 unspecified atom stereocenters. The third-order valence-electron chi connectivity index (χ3n) is 2.02. The van der Waals surface area contributed by atoms with Gasteiger partial charge in [-0.2, -0.15) is 5.10 Å². The highest BCUT2D eigenvalue weighted by atomic mass is 19.1. The number of nitrogens with one attached hydrogen (secondary N) is 2. The van der Waals surface area contributed by atoms with Gasteiger partial charge >= 0.3 is 0 Å². The van der Waals surface area contributed by atoms with Gasteiger partial charge in [-0.15, -0.1) is 0 Å². The molecule has 0 atom stereocenters. The van der Waals surface area contributed by atoms with Gasteiger partial charge in [0.1, 0.15) is 5.82 Å². The standard InChI is InChI=1S/C9H8FN5O2/c1-15-8(5(10)2-13-15)9(17)14-6-3-12-7(16)4-11-6/h2-4H,1H3,(H,12,16)(H,11,14,17). The van der Waals surface area contributed by atoms with E-state index in [1.165, 1.54) is 13.2 Å². The third kappa shape index (κ3) is 2.19. The zero-order valence-electron chi connectivity index (χ0n) is 8.77. The van der Waals surface area contributed by atoms with Gasteiger partial charge in [0.2, 0.25) is 0 Å². The van der Waals surface area contributed by atoms with Gasteiger partial charge in [-0.1, -0.05) is 0 Å². The number of hydrogen-bond acceptors (Lipinski definition) is 4. The molecule has 2 N–H and O–H groups in total. The molecular formula is C9H8FN5O2. The minimum absolute atomic E-state index is 0.121. The molecule has 8 heteroatoms. The van der Waals surface area contributed by atoms with Crippen molar-refractivity contribution >= 4 is 11.7 Å². The fourth-order valence-electron chi connectivity index (χ4n) is 1.25. The van der Waals surface area contributed by atoms with E-state index in [0.29, 0.717) is 0 Å². The van der Waals surface area contributed by atoms with Gasteiger partial charge in [-0.25, -0.2) is 9.37 Å². The molecule has 0 saturated heterocycles. The van der Waals surface area contributed by atoms with E-state index in [2.05, 4.69) is 20.4 Å². The van der Waals surface area contributed by atoms with Crippen LogP contribution in [-0.4, -0.2) is 25.7 Å². The van der Waals surface area contributed by atoms with E-state index in [0.717, 1.165) is 17.1 Å². The maximum Gasteiger partial charge on any atom is 0.278 e. The van der Waals surface area contributed by atoms with Crippen LogP contribution in [0.25, 0.3) is 0 Å². The van der Waals surface area contributed by atoms with Crippen LogP contribution in [0.4, 0.5) is 10.2 Å². The Morgan fingerprint density at radius 3 is 2.82 bits per heavy atom. The van der Waals surface area contributed by atoms with Gasteiger partial charge in [-0.3, -0.25) is 14.3 Å². The summed E-state index contributed by atoms with van der Waals surface area (Å²) >= 11 is 0. The van der Waals surface area contributed by atoms with Gasteiger partial charge in [0, 0.05) is 13.2 Å². The summed E-state index contributed by atoms with van der Waals surface area (Å²) in [6.45, 7) is 0. The second-order valence-electron chi connectivity index (χ2n) is 3.22. The summed E-state index contributed by atoms with van der Waals surface area (Å²) in [5.74, 6) is -1.30. The summed E-state index contributed by atoms with van der Waals surface area (Å²) in [5, 5.41) is 5.93. The lowest BCUT2D eigenvalue weighted by atomic mass is 10.4. The molecule has 2 aromatic heterocycles. The summed E-state index contributed by atoms with van der Waals surface area (Å²) in [5.41, 5.74) is -0.604. The fraction of sp³-hybridized carbons (Fsp3) is 0.111. The molecule has 2 aromatic rings. The Hall–Kier alpha value is -2.51. The molecule has 0 aliphatic carbocycles. The fourth-order valence-corrected chi connectivity index (χ4v) is 1.25. The van der Waals surface area contributed by atoms with Crippen molar-refractivity contribution in [3.8, 4) is 0 Å². The zero-order valence-corrected chi connectivity index (χ0v) is 8.77. The van der Waals surface area contributed by atoms with Crippen LogP contribution in [0.5, 0.6) is 0 Å². The molecular weight excluding hydrogens is 229 g/mol. The summed E-state index contributed by atoms with van der Waals surface area (Å²) in [4.78, 5) is 28.4. The highest BCUT2D eigenvalue weighted by Gasteiger charge is 2.17. The molecule has 0 radical (unpaired) electrons. The molecule has 0 aliphatic rings. The highest BCUT2D eigenvalue weighted by Crippen LogP contribution is 2.07. The number of H-pyrrole nitrogens is 1. The second-order valence-corrected chi connectivity index (χ2v) is 3.22. The number of aromatic amines is 1. The van der Waals surface area contributed by atoms with Crippen LogP contribution in [-0.2, 0) is 7.05 Å². The molecule has 2 rings (SSSR count). The van der Waals surface area contributed by atoms with Gasteiger partial charge in [0.15, 0.2) is 11.5 Å². The van der Waals surface area contributed by atoms with E-state index < -0.39 is 17.3 Å². The normalized spacial score (nSPS) is 10.2. The number of rotatable bonds is 2. The molecule has 0 bridgehead atoms. The Bertz CT molecular complexity index is 578. The number of aromatic nitrogens is 4. The van der Waals surface area contributed by atoms with Crippen molar-refractivity contribution in [1.82, 2.24) is 19.7 Å². The van der Waals surface area contributed by atoms with Gasteiger partial charge in [0.25, 0.3) is 11.5 Å². The Morgan fingerprint density at radius 2 is 2.29 bits per heavy atom. The number of nitrogens with zero attached hydrogens (tertiary/aromatic N) is 3. The summed E-state index contributed by atoms with van der Waals surface area (Å²) in [6, 6.07) is 0. The Kier molecular flexibility index (Phi) is 2.69. The van der Waals surface area contributed by atoms with Crippen molar-refractivity contribution in [2.45, 2.75) is 0 Å². The Labute approximate surface area is 94.3 Å². The minimum atomic E-state index is -0.727. The number of hydrogen-bond donors (Lipinski definition) is 2. The maximum atomic E-state index is 13.2. The smallest absolute Gasteiger partial charge is 0.278 e. The van der Waals surface area contributed by atoms with Crippen LogP contribution in [0, 0.1) is 5.82 Å². The molecule has 1 amide bonds. The van der Waals surface area contributed by atoms with Gasteiger partial charge < -0.3 is 10.3 Å². The average Bonchev–Trinajstić information content (AvgIpc) is 2.62. The summed E-state index contributed by atoms with van der Waals surface area (Å²) in [6.07, 6.45) is 3.17. The van der Waals surface area contributed by atoms with Crippen molar-refractivity contribution in [1.29, 1.82) is 0 Å². The van der Waals surface area contributed by atoms with Crippen molar-refractivity contribution in [2.24, 2.45) is 7.05 Å². The predicted octanol–water partition coefficient (Wildman–Crippen LogP) is -0.105. The lowest BCUT2D eigenvalue weighted by Gasteiger charge is -2.03. The zero-order chi connectivity index (χ0) is 12.4. The summed E-state index contributed by atoms with van der Waals surface area (Å²) in [7, 11) is 1.44. The van der Waals surface area contributed by atoms with Crippen LogP contribution in [0.1, 0.15) is 10.5 Å². The molecule has 17 heavy (non-hydrogen) atoms.